The molecular formula is C9H8BrNO. The monoisotopic (exact) mass is 225 g/mol. The molecule has 3 heteroatoms. The second-order valence-corrected chi connectivity index (χ2v) is 2.92. The summed E-state index contributed by atoms with van der Waals surface area (Å²) in [6.45, 7) is 1.91. The lowest BCUT2D eigenvalue weighted by Gasteiger charge is -1.91. The maximum atomic E-state index is 11.1. The fourth-order valence-electron chi connectivity index (χ4n) is 0.814. The van der Waals surface area contributed by atoms with Crippen LogP contribution in [-0.4, -0.2) is 10.3 Å². The molecule has 0 amide bonds. The molecule has 1 aromatic rings. The van der Waals surface area contributed by atoms with Gasteiger partial charge in [0.1, 0.15) is 0 Å². The standard InChI is InChI=1S/C9H8BrNO/c1-7-5-8(3-2-4-10)9(12)11-6-7/h5-6H,4H2,1H3,(H,11,12). The van der Waals surface area contributed by atoms with Crippen LogP contribution in [-0.2, 0) is 0 Å². The van der Waals surface area contributed by atoms with Crippen LogP contribution in [0.15, 0.2) is 17.1 Å². The summed E-state index contributed by atoms with van der Waals surface area (Å²) < 4.78 is 0. The van der Waals surface area contributed by atoms with Crippen LogP contribution in [0.4, 0.5) is 0 Å². The fraction of sp³-hybridized carbons (Fsp3) is 0.222. The number of halogens is 1. The summed E-state index contributed by atoms with van der Waals surface area (Å²) in [6, 6.07) is 1.77. The van der Waals surface area contributed by atoms with Gasteiger partial charge in [0, 0.05) is 6.20 Å². The van der Waals surface area contributed by atoms with Crippen molar-refractivity contribution in [3.63, 3.8) is 0 Å². The van der Waals surface area contributed by atoms with E-state index in [9.17, 15) is 4.79 Å². The van der Waals surface area contributed by atoms with Crippen molar-refractivity contribution >= 4 is 15.9 Å². The Morgan fingerprint density at radius 3 is 3.08 bits per heavy atom. The van der Waals surface area contributed by atoms with Crippen LogP contribution in [0.5, 0.6) is 0 Å². The Bertz CT molecular complexity index is 383. The molecule has 0 aliphatic rings. The quantitative estimate of drug-likeness (QED) is 0.526. The molecule has 2 nitrogen and oxygen atoms in total. The van der Waals surface area contributed by atoms with E-state index in [0.29, 0.717) is 10.9 Å². The largest absolute Gasteiger partial charge is 0.328 e. The zero-order valence-electron chi connectivity index (χ0n) is 6.65. The molecule has 1 rings (SSSR count). The summed E-state index contributed by atoms with van der Waals surface area (Å²) in [5, 5.41) is 0.584. The molecule has 0 saturated carbocycles. The van der Waals surface area contributed by atoms with E-state index in [0.717, 1.165) is 5.56 Å². The van der Waals surface area contributed by atoms with E-state index in [1.165, 1.54) is 0 Å². The molecule has 62 valence electrons. The van der Waals surface area contributed by atoms with Crippen molar-refractivity contribution in [1.29, 1.82) is 0 Å². The Hall–Kier alpha value is -1.01. The Labute approximate surface area is 79.1 Å². The summed E-state index contributed by atoms with van der Waals surface area (Å²) in [7, 11) is 0. The van der Waals surface area contributed by atoms with Gasteiger partial charge in [0.25, 0.3) is 5.56 Å². The maximum absolute atomic E-state index is 11.1. The van der Waals surface area contributed by atoms with Gasteiger partial charge in [-0.3, -0.25) is 4.79 Å². The zero-order chi connectivity index (χ0) is 8.97. The molecule has 1 N–H and O–H groups in total. The number of rotatable bonds is 0. The van der Waals surface area contributed by atoms with E-state index in [2.05, 4.69) is 32.8 Å². The van der Waals surface area contributed by atoms with Crippen LogP contribution in [0, 0.1) is 18.8 Å². The van der Waals surface area contributed by atoms with Crippen molar-refractivity contribution in [2.45, 2.75) is 6.92 Å². The lowest BCUT2D eigenvalue weighted by Crippen LogP contribution is -2.09. The molecule has 0 atom stereocenters. The number of aromatic amines is 1. The minimum absolute atomic E-state index is 0.131. The van der Waals surface area contributed by atoms with E-state index >= 15 is 0 Å². The third-order valence-electron chi connectivity index (χ3n) is 1.34. The first-order valence-corrected chi connectivity index (χ1v) is 4.60. The molecule has 0 aromatic carbocycles. The molecular weight excluding hydrogens is 218 g/mol. The summed E-state index contributed by atoms with van der Waals surface area (Å²) in [6.07, 6.45) is 1.67. The third-order valence-corrected chi connectivity index (χ3v) is 1.62. The number of pyridine rings is 1. The van der Waals surface area contributed by atoms with Gasteiger partial charge in [-0.2, -0.15) is 0 Å². The minimum atomic E-state index is -0.131. The van der Waals surface area contributed by atoms with Crippen LogP contribution in [0.25, 0.3) is 0 Å². The van der Waals surface area contributed by atoms with Crippen LogP contribution in [0.1, 0.15) is 11.1 Å². The van der Waals surface area contributed by atoms with E-state index < -0.39 is 0 Å². The molecule has 1 heterocycles. The maximum Gasteiger partial charge on any atom is 0.263 e. The van der Waals surface area contributed by atoms with Gasteiger partial charge in [0.15, 0.2) is 0 Å². The van der Waals surface area contributed by atoms with Crippen LogP contribution in [0.2, 0.25) is 0 Å². The number of nitrogens with one attached hydrogen (secondary N) is 1. The summed E-state index contributed by atoms with van der Waals surface area (Å²) in [5.74, 6) is 5.54. The highest BCUT2D eigenvalue weighted by Gasteiger charge is 1.93. The van der Waals surface area contributed by atoms with Crippen molar-refractivity contribution in [2.75, 3.05) is 5.33 Å². The first kappa shape index (κ1) is 9.08. The highest BCUT2D eigenvalue weighted by atomic mass is 79.9. The van der Waals surface area contributed by atoms with Crippen molar-refractivity contribution in [3.05, 3.63) is 33.7 Å². The summed E-state index contributed by atoms with van der Waals surface area (Å²) >= 11 is 3.16. The van der Waals surface area contributed by atoms with Crippen molar-refractivity contribution in [1.82, 2.24) is 4.98 Å². The molecule has 0 fully saturated rings. The Balaban J connectivity index is 3.14. The van der Waals surface area contributed by atoms with E-state index in [-0.39, 0.29) is 5.56 Å². The van der Waals surface area contributed by atoms with Crippen molar-refractivity contribution in [2.24, 2.45) is 0 Å². The predicted octanol–water partition coefficient (Wildman–Crippen LogP) is 1.43. The normalized spacial score (nSPS) is 8.83. The van der Waals surface area contributed by atoms with Crippen LogP contribution >= 0.6 is 15.9 Å². The van der Waals surface area contributed by atoms with E-state index in [1.807, 2.05) is 6.92 Å². The van der Waals surface area contributed by atoms with Gasteiger partial charge < -0.3 is 4.98 Å². The summed E-state index contributed by atoms with van der Waals surface area (Å²) in [5.41, 5.74) is 1.40. The molecule has 0 unspecified atom stereocenters. The summed E-state index contributed by atoms with van der Waals surface area (Å²) in [4.78, 5) is 13.7. The second-order valence-electron chi connectivity index (χ2n) is 2.36. The lowest BCUT2D eigenvalue weighted by atomic mass is 10.2. The number of H-pyrrole nitrogens is 1. The highest BCUT2D eigenvalue weighted by molar-refractivity contribution is 9.09. The van der Waals surface area contributed by atoms with Gasteiger partial charge in [-0.15, -0.1) is 0 Å². The average molecular weight is 226 g/mol. The molecule has 12 heavy (non-hydrogen) atoms. The highest BCUT2D eigenvalue weighted by Crippen LogP contribution is 1.93. The molecule has 0 spiro atoms. The number of alkyl halides is 1. The van der Waals surface area contributed by atoms with E-state index in [4.69, 9.17) is 0 Å². The fourth-order valence-corrected chi connectivity index (χ4v) is 0.954. The van der Waals surface area contributed by atoms with Gasteiger partial charge >= 0.3 is 0 Å². The van der Waals surface area contributed by atoms with Crippen molar-refractivity contribution < 1.29 is 0 Å². The predicted molar refractivity (Wildman–Crippen MR) is 52.5 cm³/mol. The molecule has 0 aliphatic carbocycles. The Morgan fingerprint density at radius 2 is 2.42 bits per heavy atom. The Kier molecular flexibility index (Phi) is 3.12. The van der Waals surface area contributed by atoms with Gasteiger partial charge in [-0.05, 0) is 18.6 Å². The smallest absolute Gasteiger partial charge is 0.263 e. The number of hydrogen-bond donors (Lipinski definition) is 1. The van der Waals surface area contributed by atoms with Gasteiger partial charge in [0.2, 0.25) is 0 Å². The Morgan fingerprint density at radius 1 is 1.67 bits per heavy atom. The zero-order valence-corrected chi connectivity index (χ0v) is 8.23. The molecule has 0 aliphatic heterocycles. The second kappa shape index (κ2) is 4.13. The number of aryl methyl sites for hydroxylation is 1. The topological polar surface area (TPSA) is 32.9 Å². The van der Waals surface area contributed by atoms with Gasteiger partial charge in [0.05, 0.1) is 10.9 Å². The van der Waals surface area contributed by atoms with Gasteiger partial charge in [-0.1, -0.05) is 27.8 Å². The van der Waals surface area contributed by atoms with Crippen molar-refractivity contribution in [3.8, 4) is 11.8 Å². The van der Waals surface area contributed by atoms with Crippen LogP contribution in [0.3, 0.4) is 0 Å². The average Bonchev–Trinajstić information content (AvgIpc) is 2.07. The lowest BCUT2D eigenvalue weighted by molar-refractivity contribution is 1.18. The minimum Gasteiger partial charge on any atom is -0.328 e. The third kappa shape index (κ3) is 2.24. The van der Waals surface area contributed by atoms with Crippen LogP contribution < -0.4 is 5.56 Å². The number of aromatic nitrogens is 1. The molecule has 0 bridgehead atoms. The van der Waals surface area contributed by atoms with Gasteiger partial charge in [-0.25, -0.2) is 0 Å². The van der Waals surface area contributed by atoms with E-state index in [1.54, 1.807) is 12.3 Å². The SMILES string of the molecule is Cc1c[nH]c(=O)c(C#CCBr)c1. The number of hydrogen-bond acceptors (Lipinski definition) is 1. The first-order valence-electron chi connectivity index (χ1n) is 3.48. The molecule has 1 aromatic heterocycles. The molecule has 0 radical (unpaired) electrons. The molecule has 0 saturated heterocycles. The first-order chi connectivity index (χ1) is 5.74.